The van der Waals surface area contributed by atoms with Gasteiger partial charge in [0.15, 0.2) is 11.5 Å². The molecule has 8 nitrogen and oxygen atoms in total. The summed E-state index contributed by atoms with van der Waals surface area (Å²) < 4.78 is 28.6. The van der Waals surface area contributed by atoms with Crippen LogP contribution >= 0.6 is 11.6 Å². The maximum atomic E-state index is 6.38. The van der Waals surface area contributed by atoms with Crippen molar-refractivity contribution >= 4 is 22.5 Å². The molecular formula is C24H26ClN3O5. The summed E-state index contributed by atoms with van der Waals surface area (Å²) in [7, 11) is 1.63. The number of nitrogens with zero attached hydrogens (tertiary/aromatic N) is 2. The highest BCUT2D eigenvalue weighted by Crippen LogP contribution is 2.34. The number of nitrogens with one attached hydrogen (secondary N) is 1. The number of halogens is 1. The predicted octanol–water partition coefficient (Wildman–Crippen LogP) is 3.78. The minimum atomic E-state index is 0.000332. The van der Waals surface area contributed by atoms with E-state index in [1.165, 1.54) is 0 Å². The maximum Gasteiger partial charge on any atom is 0.179 e. The molecule has 2 aliphatic heterocycles. The Morgan fingerprint density at radius 1 is 1.09 bits per heavy atom. The Balaban J connectivity index is 1.13. The van der Waals surface area contributed by atoms with Gasteiger partial charge in [0.1, 0.15) is 36.3 Å². The summed E-state index contributed by atoms with van der Waals surface area (Å²) in [6.07, 6.45) is 5.20. The van der Waals surface area contributed by atoms with Gasteiger partial charge in [-0.3, -0.25) is 9.97 Å². The molecule has 2 atom stereocenters. The van der Waals surface area contributed by atoms with Gasteiger partial charge >= 0.3 is 0 Å². The highest BCUT2D eigenvalue weighted by Gasteiger charge is 2.23. The van der Waals surface area contributed by atoms with Gasteiger partial charge in [-0.2, -0.15) is 0 Å². The van der Waals surface area contributed by atoms with E-state index >= 15 is 0 Å². The first kappa shape index (κ1) is 22.0. The molecule has 3 aromatic rings. The Hall–Kier alpha value is -2.81. The third-order valence-corrected chi connectivity index (χ3v) is 6.09. The van der Waals surface area contributed by atoms with Gasteiger partial charge in [-0.15, -0.1) is 0 Å². The molecule has 1 saturated heterocycles. The van der Waals surface area contributed by atoms with E-state index in [1.807, 2.05) is 24.3 Å². The number of benzene rings is 1. The zero-order valence-electron chi connectivity index (χ0n) is 18.4. The number of fused-ring (bicyclic) bond motifs is 2. The van der Waals surface area contributed by atoms with Crippen LogP contribution in [0.5, 0.6) is 23.0 Å². The lowest BCUT2D eigenvalue weighted by molar-refractivity contribution is -0.0262. The van der Waals surface area contributed by atoms with Gasteiger partial charge in [0, 0.05) is 30.2 Å². The van der Waals surface area contributed by atoms with E-state index in [2.05, 4.69) is 15.3 Å². The smallest absolute Gasteiger partial charge is 0.179 e. The molecule has 4 heterocycles. The summed E-state index contributed by atoms with van der Waals surface area (Å²) in [6, 6.07) is 7.83. The van der Waals surface area contributed by atoms with Crippen molar-refractivity contribution in [1.29, 1.82) is 0 Å². The molecule has 33 heavy (non-hydrogen) atoms. The van der Waals surface area contributed by atoms with E-state index in [0.717, 1.165) is 40.9 Å². The summed E-state index contributed by atoms with van der Waals surface area (Å²) in [6.45, 7) is 2.81. The Bertz CT molecular complexity index is 1120. The Morgan fingerprint density at radius 3 is 2.79 bits per heavy atom. The average Bonchev–Trinajstić information content (AvgIpc) is 2.87. The molecule has 9 heteroatoms. The molecule has 0 radical (unpaired) electrons. The molecular weight excluding hydrogens is 446 g/mol. The Labute approximate surface area is 197 Å². The maximum absolute atomic E-state index is 6.38. The van der Waals surface area contributed by atoms with Crippen molar-refractivity contribution in [2.24, 2.45) is 0 Å². The number of aromatic nitrogens is 2. The molecule has 0 amide bonds. The third kappa shape index (κ3) is 5.08. The molecule has 2 aromatic heterocycles. The van der Waals surface area contributed by atoms with E-state index in [0.29, 0.717) is 49.5 Å². The highest BCUT2D eigenvalue weighted by molar-refractivity contribution is 6.33. The van der Waals surface area contributed by atoms with Crippen LogP contribution in [0.2, 0.25) is 5.02 Å². The van der Waals surface area contributed by atoms with Crippen LogP contribution in [0.4, 0.5) is 0 Å². The lowest BCUT2D eigenvalue weighted by atomic mass is 10.1. The summed E-state index contributed by atoms with van der Waals surface area (Å²) in [5, 5.41) is 4.81. The number of ether oxygens (including phenoxy) is 5. The summed E-state index contributed by atoms with van der Waals surface area (Å²) >= 11 is 6.38. The molecule has 0 saturated carbocycles. The monoisotopic (exact) mass is 471 g/mol. The quantitative estimate of drug-likeness (QED) is 0.557. The fourth-order valence-electron chi connectivity index (χ4n) is 4.01. The van der Waals surface area contributed by atoms with Gasteiger partial charge in [0.25, 0.3) is 0 Å². The van der Waals surface area contributed by atoms with E-state index in [1.54, 1.807) is 19.5 Å². The molecule has 0 aliphatic carbocycles. The molecule has 0 spiro atoms. The van der Waals surface area contributed by atoms with Crippen LogP contribution < -0.4 is 24.3 Å². The second-order valence-electron chi connectivity index (χ2n) is 8.06. The van der Waals surface area contributed by atoms with E-state index in [-0.39, 0.29) is 12.1 Å². The van der Waals surface area contributed by atoms with E-state index in [4.69, 9.17) is 35.3 Å². The summed E-state index contributed by atoms with van der Waals surface area (Å²) in [4.78, 5) is 8.81. The minimum Gasteiger partial charge on any atom is -0.497 e. The molecule has 2 aliphatic rings. The number of rotatable bonds is 7. The summed E-state index contributed by atoms with van der Waals surface area (Å²) in [5.74, 6) is 2.79. The second-order valence-corrected chi connectivity index (χ2v) is 8.47. The van der Waals surface area contributed by atoms with E-state index < -0.39 is 0 Å². The van der Waals surface area contributed by atoms with Gasteiger partial charge in [-0.05, 0) is 31.0 Å². The van der Waals surface area contributed by atoms with Crippen molar-refractivity contribution in [3.05, 3.63) is 47.4 Å². The topological polar surface area (TPSA) is 84.0 Å². The molecule has 1 N–H and O–H groups in total. The summed E-state index contributed by atoms with van der Waals surface area (Å²) in [5.41, 5.74) is 1.72. The first-order chi connectivity index (χ1) is 16.2. The van der Waals surface area contributed by atoms with Crippen LogP contribution in [-0.2, 0) is 11.3 Å². The largest absolute Gasteiger partial charge is 0.497 e. The van der Waals surface area contributed by atoms with E-state index in [9.17, 15) is 0 Å². The standard InChI is InChI=1S/C24H26ClN3O5/c1-29-17-4-5-21-19(9-17)24(20(25)11-28-21)33-14-18-3-2-15(13-32-18)26-10-16-8-22-23(12-27-16)31-7-6-30-22/h4-5,8-9,11-12,15,18,26H,2-3,6-7,10,13-14H2,1H3/t15-,18+/m1/s1. The van der Waals surface area contributed by atoms with Gasteiger partial charge in [0.05, 0.1) is 37.2 Å². The Morgan fingerprint density at radius 2 is 1.97 bits per heavy atom. The molecule has 0 unspecified atom stereocenters. The normalized spacial score (nSPS) is 19.9. The van der Waals surface area contributed by atoms with Crippen LogP contribution in [0.15, 0.2) is 36.7 Å². The zero-order chi connectivity index (χ0) is 22.6. The minimum absolute atomic E-state index is 0.000332. The number of methoxy groups -OCH3 is 1. The van der Waals surface area contributed by atoms with Crippen molar-refractivity contribution in [3.8, 4) is 23.0 Å². The molecule has 174 valence electrons. The molecule has 5 rings (SSSR count). The van der Waals surface area contributed by atoms with Gasteiger partial charge in [-0.1, -0.05) is 11.6 Å². The fraction of sp³-hybridized carbons (Fsp3) is 0.417. The van der Waals surface area contributed by atoms with Crippen LogP contribution in [-0.4, -0.2) is 55.7 Å². The molecule has 0 bridgehead atoms. The van der Waals surface area contributed by atoms with Crippen molar-refractivity contribution in [2.75, 3.05) is 33.5 Å². The number of pyridine rings is 2. The van der Waals surface area contributed by atoms with Crippen molar-refractivity contribution in [3.63, 3.8) is 0 Å². The van der Waals surface area contributed by atoms with Crippen molar-refractivity contribution in [1.82, 2.24) is 15.3 Å². The first-order valence-electron chi connectivity index (χ1n) is 11.0. The van der Waals surface area contributed by atoms with Crippen LogP contribution in [0.1, 0.15) is 18.5 Å². The van der Waals surface area contributed by atoms with Gasteiger partial charge in [0.2, 0.25) is 0 Å². The van der Waals surface area contributed by atoms with Crippen LogP contribution in [0, 0.1) is 0 Å². The third-order valence-electron chi connectivity index (χ3n) is 5.82. The van der Waals surface area contributed by atoms with Crippen molar-refractivity contribution < 1.29 is 23.7 Å². The Kier molecular flexibility index (Phi) is 6.66. The SMILES string of the molecule is COc1ccc2ncc(Cl)c(OC[C@@H]3CC[C@@H](NCc4cc5c(cn4)OCCO5)CO3)c2c1. The fourth-order valence-corrected chi connectivity index (χ4v) is 4.21. The molecule has 1 aromatic carbocycles. The van der Waals surface area contributed by atoms with Gasteiger partial charge in [-0.25, -0.2) is 0 Å². The van der Waals surface area contributed by atoms with Crippen LogP contribution in [0.3, 0.4) is 0 Å². The first-order valence-corrected chi connectivity index (χ1v) is 11.4. The molecule has 1 fully saturated rings. The number of hydrogen-bond acceptors (Lipinski definition) is 8. The zero-order valence-corrected chi connectivity index (χ0v) is 19.1. The number of hydrogen-bond donors (Lipinski definition) is 1. The lowest BCUT2D eigenvalue weighted by Crippen LogP contribution is -2.41. The predicted molar refractivity (Wildman–Crippen MR) is 124 cm³/mol. The second kappa shape index (κ2) is 9.99. The highest BCUT2D eigenvalue weighted by atomic mass is 35.5. The van der Waals surface area contributed by atoms with Gasteiger partial charge < -0.3 is 29.0 Å². The lowest BCUT2D eigenvalue weighted by Gasteiger charge is -2.30. The van der Waals surface area contributed by atoms with Crippen molar-refractivity contribution in [2.45, 2.75) is 31.5 Å². The van der Waals surface area contributed by atoms with Crippen LogP contribution in [0.25, 0.3) is 10.9 Å². The average molecular weight is 472 g/mol.